The molecule has 0 fully saturated rings. The lowest BCUT2D eigenvalue weighted by molar-refractivity contribution is -0.167. The topological polar surface area (TPSA) is 78.9 Å². The molecule has 0 aliphatic carbocycles. The molecule has 0 saturated carbocycles. The Kier molecular flexibility index (Phi) is 47.5. The predicted molar refractivity (Wildman–Crippen MR) is 265 cm³/mol. The molecule has 1 atom stereocenters. The summed E-state index contributed by atoms with van der Waals surface area (Å²) >= 11 is 0. The van der Waals surface area contributed by atoms with Crippen LogP contribution in [0.3, 0.4) is 0 Å². The van der Waals surface area contributed by atoms with Gasteiger partial charge >= 0.3 is 17.9 Å². The molecule has 1 unspecified atom stereocenters. The van der Waals surface area contributed by atoms with Crippen LogP contribution in [0.4, 0.5) is 0 Å². The Morgan fingerprint density at radius 1 is 0.323 bits per heavy atom. The molecule has 62 heavy (non-hydrogen) atoms. The summed E-state index contributed by atoms with van der Waals surface area (Å²) in [5.74, 6) is -0.957. The van der Waals surface area contributed by atoms with Gasteiger partial charge in [0.05, 0.1) is 0 Å². The van der Waals surface area contributed by atoms with Gasteiger partial charge in [0.25, 0.3) is 0 Å². The molecule has 0 N–H and O–H groups in total. The van der Waals surface area contributed by atoms with Crippen LogP contribution in [0.15, 0.2) is 85.1 Å². The highest BCUT2D eigenvalue weighted by molar-refractivity contribution is 5.71. The lowest BCUT2D eigenvalue weighted by Gasteiger charge is -2.18. The molecule has 0 aliphatic rings. The first-order chi connectivity index (χ1) is 30.5. The zero-order valence-corrected chi connectivity index (χ0v) is 40.4. The van der Waals surface area contributed by atoms with E-state index >= 15 is 0 Å². The number of hydrogen-bond donors (Lipinski definition) is 0. The maximum absolute atomic E-state index is 12.8. The van der Waals surface area contributed by atoms with Crippen LogP contribution in [0, 0.1) is 0 Å². The molecule has 0 aromatic heterocycles. The van der Waals surface area contributed by atoms with Crippen molar-refractivity contribution in [3.8, 4) is 0 Å². The van der Waals surface area contributed by atoms with Crippen LogP contribution in [0.25, 0.3) is 0 Å². The second kappa shape index (κ2) is 50.2. The van der Waals surface area contributed by atoms with E-state index in [1.54, 1.807) is 0 Å². The summed E-state index contributed by atoms with van der Waals surface area (Å²) in [6.45, 7) is 6.48. The van der Waals surface area contributed by atoms with E-state index < -0.39 is 6.10 Å². The predicted octanol–water partition coefficient (Wildman–Crippen LogP) is 16.8. The summed E-state index contributed by atoms with van der Waals surface area (Å²) in [5.41, 5.74) is 0. The first-order valence-corrected chi connectivity index (χ1v) is 25.7. The van der Waals surface area contributed by atoms with Gasteiger partial charge in [-0.15, -0.1) is 0 Å². The van der Waals surface area contributed by atoms with Gasteiger partial charge in [-0.25, -0.2) is 0 Å². The molecular weight excluding hydrogens is 769 g/mol. The van der Waals surface area contributed by atoms with Crippen LogP contribution >= 0.6 is 0 Å². The maximum Gasteiger partial charge on any atom is 0.306 e. The summed E-state index contributed by atoms with van der Waals surface area (Å²) in [6.07, 6.45) is 64.1. The average Bonchev–Trinajstić information content (AvgIpc) is 3.27. The lowest BCUT2D eigenvalue weighted by Crippen LogP contribution is -2.30. The van der Waals surface area contributed by atoms with E-state index in [9.17, 15) is 14.4 Å². The summed E-state index contributed by atoms with van der Waals surface area (Å²) in [4.78, 5) is 37.9. The van der Waals surface area contributed by atoms with Gasteiger partial charge in [-0.3, -0.25) is 14.4 Å². The van der Waals surface area contributed by atoms with E-state index in [0.717, 1.165) is 109 Å². The average molecular weight is 863 g/mol. The Balaban J connectivity index is 4.48. The number of ether oxygens (including phenoxy) is 3. The number of unbranched alkanes of at least 4 members (excludes halogenated alkanes) is 24. The Morgan fingerprint density at radius 3 is 1.03 bits per heavy atom. The molecule has 0 bridgehead atoms. The van der Waals surface area contributed by atoms with E-state index in [2.05, 4.69) is 81.5 Å². The fourth-order valence-corrected chi connectivity index (χ4v) is 6.81. The number of carbonyl (C=O) groups excluding carboxylic acids is 3. The highest BCUT2D eigenvalue weighted by Crippen LogP contribution is 2.13. The molecule has 6 nitrogen and oxygen atoms in total. The van der Waals surface area contributed by atoms with E-state index in [4.69, 9.17) is 14.2 Å². The second-order valence-corrected chi connectivity index (χ2v) is 16.8. The molecule has 0 radical (unpaired) electrons. The molecule has 0 aliphatic heterocycles. The molecule has 0 heterocycles. The van der Waals surface area contributed by atoms with Gasteiger partial charge in [0.15, 0.2) is 6.10 Å². The molecular formula is C56H94O6. The van der Waals surface area contributed by atoms with Crippen molar-refractivity contribution in [1.82, 2.24) is 0 Å². The summed E-state index contributed by atoms with van der Waals surface area (Å²) in [6, 6.07) is 0. The van der Waals surface area contributed by atoms with Crippen molar-refractivity contribution in [2.45, 2.75) is 239 Å². The van der Waals surface area contributed by atoms with Gasteiger partial charge in [-0.05, 0) is 89.9 Å². The number of allylic oxidation sites excluding steroid dienone is 14. The Hall–Kier alpha value is -3.41. The zero-order chi connectivity index (χ0) is 45.1. The number of carbonyl (C=O) groups is 3. The van der Waals surface area contributed by atoms with Crippen molar-refractivity contribution in [3.05, 3.63) is 85.1 Å². The minimum Gasteiger partial charge on any atom is -0.462 e. The largest absolute Gasteiger partial charge is 0.462 e. The highest BCUT2D eigenvalue weighted by Gasteiger charge is 2.19. The number of rotatable bonds is 45. The summed E-state index contributed by atoms with van der Waals surface area (Å²) in [5, 5.41) is 0. The van der Waals surface area contributed by atoms with Gasteiger partial charge in [0.2, 0.25) is 0 Å². The Labute approximate surface area is 382 Å². The quantitative estimate of drug-likeness (QED) is 0.0199. The van der Waals surface area contributed by atoms with Gasteiger partial charge in [-0.1, -0.05) is 209 Å². The number of esters is 3. The first-order valence-electron chi connectivity index (χ1n) is 25.7. The highest BCUT2D eigenvalue weighted by atomic mass is 16.6. The molecule has 6 heteroatoms. The van der Waals surface area contributed by atoms with Crippen LogP contribution in [0.1, 0.15) is 233 Å². The van der Waals surface area contributed by atoms with Crippen molar-refractivity contribution >= 4 is 17.9 Å². The molecule has 0 rings (SSSR count). The van der Waals surface area contributed by atoms with Gasteiger partial charge in [0, 0.05) is 19.3 Å². The Morgan fingerprint density at radius 2 is 0.629 bits per heavy atom. The van der Waals surface area contributed by atoms with Crippen molar-refractivity contribution < 1.29 is 28.6 Å². The van der Waals surface area contributed by atoms with Crippen LogP contribution < -0.4 is 0 Å². The fourth-order valence-electron chi connectivity index (χ4n) is 6.81. The smallest absolute Gasteiger partial charge is 0.306 e. The van der Waals surface area contributed by atoms with Crippen LogP contribution in [0.5, 0.6) is 0 Å². The third kappa shape index (κ3) is 47.6. The van der Waals surface area contributed by atoms with Crippen molar-refractivity contribution in [2.75, 3.05) is 13.2 Å². The lowest BCUT2D eigenvalue weighted by atomic mass is 10.1. The summed E-state index contributed by atoms with van der Waals surface area (Å²) < 4.78 is 16.7. The summed E-state index contributed by atoms with van der Waals surface area (Å²) in [7, 11) is 0. The monoisotopic (exact) mass is 863 g/mol. The van der Waals surface area contributed by atoms with E-state index in [-0.39, 0.29) is 31.1 Å². The standard InChI is InChI=1S/C56H94O6/c1-4-7-10-13-16-19-22-25-26-27-28-29-32-34-37-40-43-46-49-55(58)61-52-53(62-56(59)50-47-44-41-38-35-31-24-21-18-15-12-9-6-3)51-60-54(57)48-45-42-39-36-33-30-23-20-17-14-11-8-5-2/h10,13,16,19,22,25-31,33,35,53H,4-9,11-12,14-15,17-18,20-21,23-24,32,34,36-52H2,1-3H3/b13-10-,19-16-,25-22-,27-26-,29-28-,33-30-,35-31-. The van der Waals surface area contributed by atoms with Crippen LogP contribution in [-0.4, -0.2) is 37.2 Å². The van der Waals surface area contributed by atoms with E-state index in [0.29, 0.717) is 19.3 Å². The zero-order valence-electron chi connectivity index (χ0n) is 40.4. The SMILES string of the molecule is CCC\C=C/C=C\C=C/C=C\C=C/CCCCCCCC(=O)OCC(COC(=O)CCCCC/C=C\CCCCCCCC)OC(=O)CCCCC/C=C\CCCCCCCC. The van der Waals surface area contributed by atoms with Crippen LogP contribution in [-0.2, 0) is 28.6 Å². The van der Waals surface area contributed by atoms with E-state index in [1.807, 2.05) is 24.3 Å². The molecule has 354 valence electrons. The third-order valence-corrected chi connectivity index (χ3v) is 10.7. The van der Waals surface area contributed by atoms with Gasteiger partial charge < -0.3 is 14.2 Å². The third-order valence-electron chi connectivity index (χ3n) is 10.7. The second-order valence-electron chi connectivity index (χ2n) is 16.8. The molecule has 0 aromatic carbocycles. The molecule has 0 saturated heterocycles. The minimum atomic E-state index is -0.800. The molecule has 0 aromatic rings. The first kappa shape index (κ1) is 58.6. The van der Waals surface area contributed by atoms with Crippen LogP contribution in [0.2, 0.25) is 0 Å². The minimum absolute atomic E-state index is 0.0995. The van der Waals surface area contributed by atoms with Gasteiger partial charge in [-0.2, -0.15) is 0 Å². The molecule has 0 spiro atoms. The Bertz CT molecular complexity index is 1220. The number of hydrogen-bond acceptors (Lipinski definition) is 6. The van der Waals surface area contributed by atoms with Crippen molar-refractivity contribution in [1.29, 1.82) is 0 Å². The maximum atomic E-state index is 12.8. The van der Waals surface area contributed by atoms with Crippen molar-refractivity contribution in [2.24, 2.45) is 0 Å². The normalized spacial score (nSPS) is 12.8. The fraction of sp³-hybridized carbons (Fsp3) is 0.696. The van der Waals surface area contributed by atoms with Crippen molar-refractivity contribution in [3.63, 3.8) is 0 Å². The van der Waals surface area contributed by atoms with Gasteiger partial charge in [0.1, 0.15) is 13.2 Å². The molecule has 0 amide bonds. The van der Waals surface area contributed by atoms with E-state index in [1.165, 1.54) is 83.5 Å².